The second-order valence-electron chi connectivity index (χ2n) is 4.27. The van der Waals surface area contributed by atoms with E-state index in [1.54, 1.807) is 25.6 Å². The van der Waals surface area contributed by atoms with Crippen molar-refractivity contribution in [2.24, 2.45) is 7.05 Å². The van der Waals surface area contributed by atoms with E-state index in [1.165, 1.54) is 0 Å². The highest BCUT2D eigenvalue weighted by Crippen LogP contribution is 2.32. The van der Waals surface area contributed by atoms with Gasteiger partial charge in [0.2, 0.25) is 0 Å². The zero-order valence-corrected chi connectivity index (χ0v) is 10.9. The fraction of sp³-hybridized carbons (Fsp3) is 0.308. The quantitative estimate of drug-likeness (QED) is 0.930. The van der Waals surface area contributed by atoms with Crippen LogP contribution in [0, 0.1) is 25.5 Å². The highest BCUT2D eigenvalue weighted by Gasteiger charge is 2.18. The maximum absolute atomic E-state index is 13.8. The summed E-state index contributed by atoms with van der Waals surface area (Å²) in [6.07, 6.45) is 0. The van der Waals surface area contributed by atoms with Gasteiger partial charge in [0.05, 0.1) is 12.3 Å². The second kappa shape index (κ2) is 4.97. The van der Waals surface area contributed by atoms with Crippen LogP contribution in [0.1, 0.15) is 17.0 Å². The Bertz CT molecular complexity index is 600. The Kier molecular flexibility index (Phi) is 3.53. The average Bonchev–Trinajstić information content (AvgIpc) is 2.59. The number of nitrogens with zero attached hydrogens (tertiary/aromatic N) is 2. The van der Waals surface area contributed by atoms with Crippen LogP contribution in [0.15, 0.2) is 12.1 Å². The minimum absolute atomic E-state index is 0.155. The number of hydrogen-bond acceptors (Lipinski definition) is 3. The predicted octanol–water partition coefficient (Wildman–Crippen LogP) is 2.60. The molecule has 2 rings (SSSR count). The summed E-state index contributed by atoms with van der Waals surface area (Å²) >= 11 is 0. The molecule has 0 aliphatic heterocycles. The van der Waals surface area contributed by atoms with Crippen LogP contribution in [0.2, 0.25) is 0 Å². The van der Waals surface area contributed by atoms with Gasteiger partial charge in [-0.2, -0.15) is 5.10 Å². The molecule has 0 fully saturated rings. The Morgan fingerprint density at radius 2 is 1.79 bits per heavy atom. The molecule has 1 heterocycles. The van der Waals surface area contributed by atoms with Gasteiger partial charge in [-0.05, 0) is 31.5 Å². The van der Waals surface area contributed by atoms with Gasteiger partial charge in [0, 0.05) is 7.05 Å². The number of ether oxygens (including phenoxy) is 1. The summed E-state index contributed by atoms with van der Waals surface area (Å²) in [7, 11) is 1.72. The van der Waals surface area contributed by atoms with Crippen LogP contribution in [0.4, 0.5) is 8.78 Å². The summed E-state index contributed by atoms with van der Waals surface area (Å²) < 4.78 is 34.4. The summed E-state index contributed by atoms with van der Waals surface area (Å²) in [5.41, 5.74) is 1.37. The van der Waals surface area contributed by atoms with Crippen LogP contribution in [-0.2, 0) is 13.7 Å². The first-order chi connectivity index (χ1) is 8.93. The molecule has 0 unspecified atom stereocenters. The third kappa shape index (κ3) is 2.44. The van der Waals surface area contributed by atoms with Crippen molar-refractivity contribution in [3.8, 4) is 11.5 Å². The summed E-state index contributed by atoms with van der Waals surface area (Å²) in [5.74, 6) is -1.87. The number of hydrogen-bond donors (Lipinski definition) is 1. The molecule has 0 spiro atoms. The second-order valence-corrected chi connectivity index (χ2v) is 4.27. The van der Waals surface area contributed by atoms with Gasteiger partial charge < -0.3 is 9.84 Å². The number of benzene rings is 1. The Labute approximate surface area is 109 Å². The van der Waals surface area contributed by atoms with Crippen LogP contribution in [0.25, 0.3) is 0 Å². The minimum atomic E-state index is -0.855. The van der Waals surface area contributed by atoms with E-state index < -0.39 is 24.0 Å². The first-order valence-electron chi connectivity index (χ1n) is 5.71. The van der Waals surface area contributed by atoms with Crippen molar-refractivity contribution in [1.29, 1.82) is 0 Å². The van der Waals surface area contributed by atoms with E-state index >= 15 is 0 Å². The molecule has 102 valence electrons. The maximum Gasteiger partial charge on any atom is 0.198 e. The van der Waals surface area contributed by atoms with Gasteiger partial charge in [0.25, 0.3) is 0 Å². The number of halogens is 2. The standard InChI is InChI=1S/C13H14F2N2O2/c1-7-12(8(2)17(3)16-7)19-13-10(14)4-9(6-18)5-11(13)15/h4-5,18H,6H2,1-3H3. The lowest BCUT2D eigenvalue weighted by Gasteiger charge is -2.09. The van der Waals surface area contributed by atoms with E-state index in [4.69, 9.17) is 9.84 Å². The summed E-state index contributed by atoms with van der Waals surface area (Å²) in [5, 5.41) is 13.0. The topological polar surface area (TPSA) is 47.3 Å². The zero-order chi connectivity index (χ0) is 14.2. The molecule has 1 N–H and O–H groups in total. The molecule has 19 heavy (non-hydrogen) atoms. The summed E-state index contributed by atoms with van der Waals surface area (Å²) in [4.78, 5) is 0. The molecule has 2 aromatic rings. The van der Waals surface area contributed by atoms with Gasteiger partial charge in [-0.3, -0.25) is 4.68 Å². The Balaban J connectivity index is 2.44. The van der Waals surface area contributed by atoms with Crippen LogP contribution in [0.5, 0.6) is 11.5 Å². The van der Waals surface area contributed by atoms with Crippen molar-refractivity contribution in [2.45, 2.75) is 20.5 Å². The van der Waals surface area contributed by atoms with Gasteiger partial charge in [-0.15, -0.1) is 0 Å². The lowest BCUT2D eigenvalue weighted by atomic mass is 10.2. The van der Waals surface area contributed by atoms with Crippen molar-refractivity contribution in [2.75, 3.05) is 0 Å². The Morgan fingerprint density at radius 1 is 1.21 bits per heavy atom. The highest BCUT2D eigenvalue weighted by atomic mass is 19.1. The van der Waals surface area contributed by atoms with Crippen molar-refractivity contribution in [3.63, 3.8) is 0 Å². The normalized spacial score (nSPS) is 10.8. The largest absolute Gasteiger partial charge is 0.447 e. The molecule has 4 nitrogen and oxygen atoms in total. The smallest absolute Gasteiger partial charge is 0.198 e. The Hall–Kier alpha value is -1.95. The predicted molar refractivity (Wildman–Crippen MR) is 65.0 cm³/mol. The van der Waals surface area contributed by atoms with E-state index in [1.807, 2.05) is 0 Å². The molecule has 0 bridgehead atoms. The summed E-state index contributed by atoms with van der Waals surface area (Å²) in [6, 6.07) is 2.08. The van der Waals surface area contributed by atoms with E-state index in [2.05, 4.69) is 5.10 Å². The SMILES string of the molecule is Cc1nn(C)c(C)c1Oc1c(F)cc(CO)cc1F. The van der Waals surface area contributed by atoms with Crippen molar-refractivity contribution < 1.29 is 18.6 Å². The van der Waals surface area contributed by atoms with E-state index in [0.29, 0.717) is 17.1 Å². The summed E-state index contributed by atoms with van der Waals surface area (Å²) in [6.45, 7) is 3.01. The third-order valence-corrected chi connectivity index (χ3v) is 2.89. The van der Waals surface area contributed by atoms with E-state index in [9.17, 15) is 8.78 Å². The number of aromatic nitrogens is 2. The minimum Gasteiger partial charge on any atom is -0.447 e. The zero-order valence-electron chi connectivity index (χ0n) is 10.9. The molecule has 0 saturated carbocycles. The fourth-order valence-corrected chi connectivity index (χ4v) is 1.81. The van der Waals surface area contributed by atoms with Gasteiger partial charge in [-0.1, -0.05) is 0 Å². The van der Waals surface area contributed by atoms with E-state index in [0.717, 1.165) is 12.1 Å². The lowest BCUT2D eigenvalue weighted by Crippen LogP contribution is -1.97. The van der Waals surface area contributed by atoms with Crippen molar-refractivity contribution in [3.05, 3.63) is 40.7 Å². The monoisotopic (exact) mass is 268 g/mol. The highest BCUT2D eigenvalue weighted by molar-refractivity contribution is 5.39. The average molecular weight is 268 g/mol. The molecule has 0 radical (unpaired) electrons. The first kappa shape index (κ1) is 13.5. The van der Waals surface area contributed by atoms with Gasteiger partial charge in [0.1, 0.15) is 5.69 Å². The Morgan fingerprint density at radius 3 is 2.21 bits per heavy atom. The molecule has 0 amide bonds. The molecule has 0 atom stereocenters. The maximum atomic E-state index is 13.8. The fourth-order valence-electron chi connectivity index (χ4n) is 1.81. The molecule has 1 aromatic carbocycles. The lowest BCUT2D eigenvalue weighted by molar-refractivity contribution is 0.279. The number of aryl methyl sites for hydroxylation is 2. The molecule has 6 heteroatoms. The number of aliphatic hydroxyl groups is 1. The number of rotatable bonds is 3. The van der Waals surface area contributed by atoms with Crippen LogP contribution in [-0.4, -0.2) is 14.9 Å². The van der Waals surface area contributed by atoms with Crippen molar-refractivity contribution in [1.82, 2.24) is 9.78 Å². The van der Waals surface area contributed by atoms with Gasteiger partial charge >= 0.3 is 0 Å². The van der Waals surface area contributed by atoms with Crippen LogP contribution >= 0.6 is 0 Å². The van der Waals surface area contributed by atoms with Crippen LogP contribution in [0.3, 0.4) is 0 Å². The molecule has 0 aliphatic carbocycles. The first-order valence-corrected chi connectivity index (χ1v) is 5.71. The molecular weight excluding hydrogens is 254 g/mol. The van der Waals surface area contributed by atoms with Gasteiger partial charge in [0.15, 0.2) is 23.1 Å². The molecule has 0 saturated heterocycles. The van der Waals surface area contributed by atoms with Crippen molar-refractivity contribution >= 4 is 0 Å². The molecule has 0 aliphatic rings. The van der Waals surface area contributed by atoms with Crippen LogP contribution < -0.4 is 4.74 Å². The number of aliphatic hydroxyl groups excluding tert-OH is 1. The van der Waals surface area contributed by atoms with Gasteiger partial charge in [-0.25, -0.2) is 8.78 Å². The third-order valence-electron chi connectivity index (χ3n) is 2.89. The van der Waals surface area contributed by atoms with E-state index in [-0.39, 0.29) is 5.56 Å². The molecule has 1 aromatic heterocycles. The molecular formula is C13H14F2N2O2.